The van der Waals surface area contributed by atoms with E-state index in [1.54, 1.807) is 0 Å². The van der Waals surface area contributed by atoms with Crippen molar-refractivity contribution in [2.24, 2.45) is 0 Å². The van der Waals surface area contributed by atoms with E-state index in [0.29, 0.717) is 0 Å². The van der Waals surface area contributed by atoms with Crippen LogP contribution in [0.3, 0.4) is 0 Å². The number of hydrogen-bond acceptors (Lipinski definition) is 3. The van der Waals surface area contributed by atoms with E-state index in [1.807, 2.05) is 0 Å². The standard InChI is InChI=1S/C71H74BN3/c1-44-36-52-54(68(7,8)35-34-67(52,5)6)41-59(44)75-61-42-55-53(69(9,10)43-70(55,11)12)40-57(61)72-56-33-32-48(73(46-24-17-15-18-25-46)47-26-19-16-20-27-47)39-60(56)74(62-37-45(66(2,3)4)38-63(75)65(62)72)58-31-23-29-50-49-28-21-22-30-51(49)71(13,14)64(50)58/h15-33,36-42H,34-35,43H2,1-14H3. The van der Waals surface area contributed by atoms with E-state index in [9.17, 15) is 0 Å². The van der Waals surface area contributed by atoms with Gasteiger partial charge in [-0.15, -0.1) is 0 Å². The Balaban J connectivity index is 1.18. The van der Waals surface area contributed by atoms with Gasteiger partial charge in [-0.2, -0.15) is 0 Å². The van der Waals surface area contributed by atoms with Crippen LogP contribution in [0.5, 0.6) is 0 Å². The molecule has 0 fully saturated rings. The summed E-state index contributed by atoms with van der Waals surface area (Å²) in [5, 5.41) is 0. The van der Waals surface area contributed by atoms with Gasteiger partial charge >= 0.3 is 0 Å². The van der Waals surface area contributed by atoms with Gasteiger partial charge in [0.15, 0.2) is 0 Å². The zero-order chi connectivity index (χ0) is 52.5. The predicted molar refractivity (Wildman–Crippen MR) is 322 cm³/mol. The molecule has 75 heavy (non-hydrogen) atoms. The van der Waals surface area contributed by atoms with Crippen LogP contribution >= 0.6 is 0 Å². The van der Waals surface area contributed by atoms with Crippen LogP contribution in [0.15, 0.2) is 158 Å². The van der Waals surface area contributed by atoms with E-state index in [-0.39, 0.29) is 39.2 Å². The molecule has 0 N–H and O–H groups in total. The Hall–Kier alpha value is -6.78. The van der Waals surface area contributed by atoms with Gasteiger partial charge < -0.3 is 14.7 Å². The van der Waals surface area contributed by atoms with E-state index in [2.05, 4.69) is 269 Å². The molecular weight excluding hydrogens is 906 g/mol. The van der Waals surface area contributed by atoms with Crippen molar-refractivity contribution in [3.63, 3.8) is 0 Å². The highest BCUT2D eigenvalue weighted by molar-refractivity contribution is 7.00. The van der Waals surface area contributed by atoms with Gasteiger partial charge in [0.1, 0.15) is 0 Å². The Bertz CT molecular complexity index is 3640. The highest BCUT2D eigenvalue weighted by Crippen LogP contribution is 2.58. The Morgan fingerprint density at radius 1 is 0.427 bits per heavy atom. The molecular formula is C71H74BN3. The number of anilines is 9. The number of nitrogens with zero attached hydrogens (tertiary/aromatic N) is 3. The van der Waals surface area contributed by atoms with E-state index in [0.717, 1.165) is 23.5 Å². The first-order valence-electron chi connectivity index (χ1n) is 27.9. The van der Waals surface area contributed by atoms with Crippen molar-refractivity contribution < 1.29 is 0 Å². The third-order valence-electron chi connectivity index (χ3n) is 18.9. The van der Waals surface area contributed by atoms with Crippen LogP contribution in [0, 0.1) is 6.92 Å². The minimum Gasteiger partial charge on any atom is -0.311 e. The van der Waals surface area contributed by atoms with Crippen molar-refractivity contribution >= 4 is 74.3 Å². The molecule has 0 atom stereocenters. The van der Waals surface area contributed by atoms with Crippen LogP contribution in [0.4, 0.5) is 51.2 Å². The molecule has 2 aliphatic heterocycles. The fourth-order valence-electron chi connectivity index (χ4n) is 15.1. The lowest BCUT2D eigenvalue weighted by molar-refractivity contribution is 0.332. The topological polar surface area (TPSA) is 9.72 Å². The normalized spacial score (nSPS) is 18.3. The molecule has 0 saturated carbocycles. The summed E-state index contributed by atoms with van der Waals surface area (Å²) < 4.78 is 0. The lowest BCUT2D eigenvalue weighted by Crippen LogP contribution is -2.62. The monoisotopic (exact) mass is 980 g/mol. The number of rotatable bonds is 5. The second-order valence-electron chi connectivity index (χ2n) is 27.3. The second-order valence-corrected chi connectivity index (χ2v) is 27.3. The van der Waals surface area contributed by atoms with Gasteiger partial charge in [-0.05, 0) is 192 Å². The number of benzene rings is 8. The first kappa shape index (κ1) is 47.9. The Morgan fingerprint density at radius 2 is 0.947 bits per heavy atom. The number of fused-ring (bicyclic) bond motifs is 9. The second kappa shape index (κ2) is 15.9. The molecule has 0 amide bonds. The Kier molecular flexibility index (Phi) is 10.1. The highest BCUT2D eigenvalue weighted by Gasteiger charge is 2.50. The van der Waals surface area contributed by atoms with Crippen molar-refractivity contribution in [3.8, 4) is 11.1 Å². The molecule has 0 radical (unpaired) electrons. The van der Waals surface area contributed by atoms with Gasteiger partial charge in [-0.3, -0.25) is 0 Å². The van der Waals surface area contributed by atoms with Gasteiger partial charge in [0.25, 0.3) is 6.71 Å². The van der Waals surface area contributed by atoms with Gasteiger partial charge in [0, 0.05) is 50.9 Å². The molecule has 3 nitrogen and oxygen atoms in total. The first-order chi connectivity index (χ1) is 35.5. The summed E-state index contributed by atoms with van der Waals surface area (Å²) in [6.45, 7) is 34.3. The summed E-state index contributed by atoms with van der Waals surface area (Å²) in [5.74, 6) is 0. The van der Waals surface area contributed by atoms with E-state index < -0.39 is 0 Å². The summed E-state index contributed by atoms with van der Waals surface area (Å²) in [4.78, 5) is 7.92. The summed E-state index contributed by atoms with van der Waals surface area (Å²) in [6, 6.07) is 61.3. The molecule has 0 bridgehead atoms. The fraction of sp³-hybridized carbons (Fsp3) is 0.324. The Morgan fingerprint density at radius 3 is 1.57 bits per heavy atom. The average molecular weight is 980 g/mol. The summed E-state index contributed by atoms with van der Waals surface area (Å²) in [5.41, 5.74) is 29.0. The molecule has 13 rings (SSSR count). The first-order valence-corrected chi connectivity index (χ1v) is 27.9. The molecule has 0 spiro atoms. The van der Waals surface area contributed by atoms with Gasteiger partial charge in [0.2, 0.25) is 0 Å². The largest absolute Gasteiger partial charge is 0.311 e. The lowest BCUT2D eigenvalue weighted by atomic mass is 9.33. The minimum absolute atomic E-state index is 0.0136. The van der Waals surface area contributed by atoms with Crippen molar-refractivity contribution in [2.45, 2.75) is 149 Å². The molecule has 4 heteroatoms. The number of aryl methyl sites for hydroxylation is 1. The van der Waals surface area contributed by atoms with Crippen LogP contribution in [-0.2, 0) is 32.5 Å². The van der Waals surface area contributed by atoms with Crippen LogP contribution < -0.4 is 31.1 Å². The maximum atomic E-state index is 2.76. The third-order valence-corrected chi connectivity index (χ3v) is 18.9. The summed E-state index contributed by atoms with van der Waals surface area (Å²) >= 11 is 0. The maximum absolute atomic E-state index is 2.76. The molecule has 2 heterocycles. The SMILES string of the molecule is Cc1cc2c(cc1N1c3cc4c(cc3B3c5ccc(N(c6ccccc6)c6ccccc6)cc5N(c5cccc6c5C(C)(C)c5ccccc5-6)c5cc(C(C)(C)C)cc1c53)C(C)(C)CC4(C)C)C(C)(C)CCC2(C)C. The van der Waals surface area contributed by atoms with Crippen LogP contribution in [-0.4, -0.2) is 6.71 Å². The number of hydrogen-bond donors (Lipinski definition) is 0. The quantitative estimate of drug-likeness (QED) is 0.159. The highest BCUT2D eigenvalue weighted by atomic mass is 15.2. The van der Waals surface area contributed by atoms with Crippen LogP contribution in [0.1, 0.15) is 154 Å². The van der Waals surface area contributed by atoms with Crippen molar-refractivity contribution in [1.82, 2.24) is 0 Å². The fourth-order valence-corrected chi connectivity index (χ4v) is 15.1. The van der Waals surface area contributed by atoms with Crippen molar-refractivity contribution in [2.75, 3.05) is 14.7 Å². The van der Waals surface area contributed by atoms with E-state index >= 15 is 0 Å². The van der Waals surface area contributed by atoms with Crippen LogP contribution in [0.2, 0.25) is 0 Å². The molecule has 8 aromatic rings. The molecule has 3 aliphatic carbocycles. The van der Waals surface area contributed by atoms with Gasteiger partial charge in [-0.25, -0.2) is 0 Å². The molecule has 5 aliphatic rings. The molecule has 0 unspecified atom stereocenters. The summed E-state index contributed by atoms with van der Waals surface area (Å²) in [6.07, 6.45) is 3.46. The Labute approximate surface area is 448 Å². The van der Waals surface area contributed by atoms with E-state index in [1.165, 1.54) is 119 Å². The third kappa shape index (κ3) is 6.99. The zero-order valence-corrected chi connectivity index (χ0v) is 47.1. The molecule has 0 saturated heterocycles. The van der Waals surface area contributed by atoms with Crippen LogP contribution in [0.25, 0.3) is 11.1 Å². The minimum atomic E-state index is -0.253. The molecule has 376 valence electrons. The summed E-state index contributed by atoms with van der Waals surface area (Å²) in [7, 11) is 0. The number of para-hydroxylation sites is 2. The predicted octanol–water partition coefficient (Wildman–Crippen LogP) is 17.5. The average Bonchev–Trinajstić information content (AvgIpc) is 3.90. The molecule has 0 aromatic heterocycles. The van der Waals surface area contributed by atoms with Crippen molar-refractivity contribution in [3.05, 3.63) is 202 Å². The van der Waals surface area contributed by atoms with E-state index in [4.69, 9.17) is 0 Å². The smallest absolute Gasteiger partial charge is 0.252 e. The van der Waals surface area contributed by atoms with Crippen molar-refractivity contribution in [1.29, 1.82) is 0 Å². The van der Waals surface area contributed by atoms with Gasteiger partial charge in [0.05, 0.1) is 5.69 Å². The molecule has 8 aromatic carbocycles. The maximum Gasteiger partial charge on any atom is 0.252 e. The van der Waals surface area contributed by atoms with Gasteiger partial charge in [-0.1, -0.05) is 181 Å². The lowest BCUT2D eigenvalue weighted by Gasteiger charge is -2.47. The zero-order valence-electron chi connectivity index (χ0n) is 47.1.